The second kappa shape index (κ2) is 7.33. The predicted molar refractivity (Wildman–Crippen MR) is 106 cm³/mol. The van der Waals surface area contributed by atoms with Gasteiger partial charge in [-0.3, -0.25) is 9.89 Å². The van der Waals surface area contributed by atoms with E-state index in [2.05, 4.69) is 10.2 Å². The number of nitrogens with zero attached hydrogens (tertiary/aromatic N) is 3. The third-order valence-corrected chi connectivity index (χ3v) is 8.29. The third kappa shape index (κ3) is 3.58. The number of benzene rings is 1. The van der Waals surface area contributed by atoms with Crippen LogP contribution in [0.3, 0.4) is 0 Å². The van der Waals surface area contributed by atoms with Gasteiger partial charge in [-0.25, -0.2) is 8.42 Å². The molecule has 8 heteroatoms. The third-order valence-electron chi connectivity index (χ3n) is 6.38. The van der Waals surface area contributed by atoms with E-state index in [4.69, 9.17) is 0 Å². The summed E-state index contributed by atoms with van der Waals surface area (Å²) < 4.78 is 27.7. The number of nitrogens with one attached hydrogen (secondary N) is 1. The molecule has 2 fully saturated rings. The van der Waals surface area contributed by atoms with E-state index < -0.39 is 10.0 Å². The Labute approximate surface area is 165 Å². The number of H-pyrrole nitrogens is 1. The van der Waals surface area contributed by atoms with E-state index in [0.717, 1.165) is 43.4 Å². The van der Waals surface area contributed by atoms with Gasteiger partial charge in [-0.05, 0) is 48.8 Å². The summed E-state index contributed by atoms with van der Waals surface area (Å²) in [6, 6.07) is 6.97. The maximum absolute atomic E-state index is 13.1. The molecule has 0 saturated carbocycles. The largest absolute Gasteiger partial charge is 0.346 e. The molecule has 0 bridgehead atoms. The fourth-order valence-electron chi connectivity index (χ4n) is 4.30. The first-order valence-corrected chi connectivity index (χ1v) is 11.2. The molecule has 2 aliphatic heterocycles. The van der Waals surface area contributed by atoms with Crippen LogP contribution >= 0.6 is 0 Å². The molecule has 150 valence electrons. The molecule has 0 radical (unpaired) electrons. The van der Waals surface area contributed by atoms with Crippen molar-refractivity contribution < 1.29 is 13.2 Å². The van der Waals surface area contributed by atoms with Gasteiger partial charge < -0.3 is 4.90 Å². The van der Waals surface area contributed by atoms with E-state index in [9.17, 15) is 13.2 Å². The zero-order valence-corrected chi connectivity index (χ0v) is 16.9. The van der Waals surface area contributed by atoms with Gasteiger partial charge in [0.25, 0.3) is 0 Å². The Bertz CT molecular complexity index is 930. The van der Waals surface area contributed by atoms with E-state index >= 15 is 0 Å². The summed E-state index contributed by atoms with van der Waals surface area (Å²) in [6.45, 7) is 1.80. The van der Waals surface area contributed by atoms with Crippen molar-refractivity contribution in [3.63, 3.8) is 0 Å². The molecular formula is C20H26N4O3S. The summed E-state index contributed by atoms with van der Waals surface area (Å²) >= 11 is 0. The lowest BCUT2D eigenvalue weighted by Gasteiger charge is -2.40. The molecule has 28 heavy (non-hydrogen) atoms. The van der Waals surface area contributed by atoms with E-state index in [1.165, 1.54) is 0 Å². The molecular weight excluding hydrogens is 376 g/mol. The summed E-state index contributed by atoms with van der Waals surface area (Å²) in [6.07, 6.45) is 7.52. The first-order chi connectivity index (χ1) is 13.4. The van der Waals surface area contributed by atoms with Gasteiger partial charge in [-0.1, -0.05) is 12.1 Å². The van der Waals surface area contributed by atoms with Crippen molar-refractivity contribution in [2.45, 2.75) is 37.0 Å². The van der Waals surface area contributed by atoms with Crippen molar-refractivity contribution >= 4 is 15.9 Å². The summed E-state index contributed by atoms with van der Waals surface area (Å²) in [5.41, 5.74) is 1.95. The quantitative estimate of drug-likeness (QED) is 0.855. The smallest absolute Gasteiger partial charge is 0.243 e. The molecule has 1 spiro atoms. The minimum atomic E-state index is -3.50. The van der Waals surface area contributed by atoms with Crippen LogP contribution in [0.5, 0.6) is 0 Å². The van der Waals surface area contributed by atoms with Gasteiger partial charge in [0.05, 0.1) is 11.1 Å². The Morgan fingerprint density at radius 1 is 1.00 bits per heavy atom. The van der Waals surface area contributed by atoms with Gasteiger partial charge in [0, 0.05) is 44.9 Å². The van der Waals surface area contributed by atoms with Gasteiger partial charge >= 0.3 is 0 Å². The highest BCUT2D eigenvalue weighted by Gasteiger charge is 2.40. The molecule has 0 aliphatic carbocycles. The number of hydrogen-bond donors (Lipinski definition) is 1. The normalized spacial score (nSPS) is 21.0. The first kappa shape index (κ1) is 19.1. The van der Waals surface area contributed by atoms with E-state index in [1.807, 2.05) is 19.2 Å². The number of rotatable bonds is 3. The number of amides is 1. The zero-order chi connectivity index (χ0) is 19.8. The maximum atomic E-state index is 13.1. The number of sulfonamides is 1. The monoisotopic (exact) mass is 402 g/mol. The Kier molecular flexibility index (Phi) is 5.01. The number of hydrogen-bond acceptors (Lipinski definition) is 4. The second-order valence-electron chi connectivity index (χ2n) is 7.98. The fraction of sp³-hybridized carbons (Fsp3) is 0.500. The van der Waals surface area contributed by atoms with Crippen LogP contribution in [0.4, 0.5) is 0 Å². The molecule has 1 aromatic heterocycles. The summed E-state index contributed by atoms with van der Waals surface area (Å²) in [7, 11) is -1.65. The maximum Gasteiger partial charge on any atom is 0.243 e. The Morgan fingerprint density at radius 2 is 1.68 bits per heavy atom. The first-order valence-electron chi connectivity index (χ1n) is 9.73. The van der Waals surface area contributed by atoms with E-state index in [0.29, 0.717) is 24.4 Å². The van der Waals surface area contributed by atoms with E-state index in [1.54, 1.807) is 33.7 Å². The van der Waals surface area contributed by atoms with E-state index in [-0.39, 0.29) is 11.3 Å². The number of aromatic nitrogens is 2. The van der Waals surface area contributed by atoms with Gasteiger partial charge in [-0.15, -0.1) is 0 Å². The Balaban J connectivity index is 1.45. The minimum Gasteiger partial charge on any atom is -0.346 e. The van der Waals surface area contributed by atoms with Crippen molar-refractivity contribution in [3.05, 3.63) is 36.7 Å². The van der Waals surface area contributed by atoms with Gasteiger partial charge in [-0.2, -0.15) is 9.40 Å². The zero-order valence-electron chi connectivity index (χ0n) is 16.1. The number of carbonyl (C=O) groups is 1. The highest BCUT2D eigenvalue weighted by atomic mass is 32.2. The molecule has 2 aliphatic rings. The lowest BCUT2D eigenvalue weighted by Crippen LogP contribution is -2.43. The Morgan fingerprint density at radius 3 is 2.32 bits per heavy atom. The fourth-order valence-corrected chi connectivity index (χ4v) is 5.74. The van der Waals surface area contributed by atoms with Crippen LogP contribution < -0.4 is 0 Å². The van der Waals surface area contributed by atoms with Crippen LogP contribution in [0.2, 0.25) is 0 Å². The molecule has 1 aromatic carbocycles. The molecule has 0 atom stereocenters. The molecule has 1 amide bonds. The lowest BCUT2D eigenvalue weighted by atomic mass is 9.73. The summed E-state index contributed by atoms with van der Waals surface area (Å²) in [5.74, 6) is 0.199. The van der Waals surface area contributed by atoms with Crippen molar-refractivity contribution in [3.8, 4) is 11.1 Å². The molecule has 2 saturated heterocycles. The number of piperidine rings is 1. The highest BCUT2D eigenvalue weighted by molar-refractivity contribution is 7.89. The van der Waals surface area contributed by atoms with Crippen LogP contribution in [0.1, 0.15) is 32.1 Å². The minimum absolute atomic E-state index is 0.0948. The van der Waals surface area contributed by atoms with Crippen LogP contribution in [-0.4, -0.2) is 60.4 Å². The average Bonchev–Trinajstić information content (AvgIpc) is 3.21. The van der Waals surface area contributed by atoms with Crippen molar-refractivity contribution in [2.75, 3.05) is 26.7 Å². The molecule has 2 aromatic rings. The molecule has 4 rings (SSSR count). The topological polar surface area (TPSA) is 86.4 Å². The van der Waals surface area contributed by atoms with Crippen molar-refractivity contribution in [1.82, 2.24) is 19.4 Å². The standard InChI is InChI=1S/C20H26N4O3S/c1-23-11-8-20(7-6-19(23)25)9-12-24(13-10-20)28(26,27)18-4-2-16(3-5-18)17-14-21-22-15-17/h2-5,14-15H,6-13H2,1H3,(H,21,22). The Hall–Kier alpha value is -2.19. The predicted octanol–water partition coefficient (Wildman–Crippen LogP) is 2.49. The average molecular weight is 403 g/mol. The van der Waals surface area contributed by atoms with Gasteiger partial charge in [0.15, 0.2) is 0 Å². The van der Waals surface area contributed by atoms with Crippen LogP contribution in [0, 0.1) is 5.41 Å². The summed E-state index contributed by atoms with van der Waals surface area (Å²) in [5, 5.41) is 6.69. The van der Waals surface area contributed by atoms with Crippen LogP contribution in [-0.2, 0) is 14.8 Å². The van der Waals surface area contributed by atoms with Crippen molar-refractivity contribution in [2.24, 2.45) is 5.41 Å². The number of aromatic amines is 1. The second-order valence-corrected chi connectivity index (χ2v) is 9.92. The number of likely N-dealkylation sites (tertiary alicyclic amines) is 1. The highest BCUT2D eigenvalue weighted by Crippen LogP contribution is 2.42. The molecule has 0 unspecified atom stereocenters. The van der Waals surface area contributed by atoms with Gasteiger partial charge in [0.2, 0.25) is 15.9 Å². The number of carbonyl (C=O) groups excluding carboxylic acids is 1. The molecule has 7 nitrogen and oxygen atoms in total. The summed E-state index contributed by atoms with van der Waals surface area (Å²) in [4.78, 5) is 14.1. The SMILES string of the molecule is CN1CCC2(CCC1=O)CCN(S(=O)(=O)c1ccc(-c3cn[nH]c3)cc1)CC2. The molecule has 3 heterocycles. The van der Waals surface area contributed by atoms with Crippen molar-refractivity contribution in [1.29, 1.82) is 0 Å². The van der Waals surface area contributed by atoms with Crippen LogP contribution in [0.15, 0.2) is 41.6 Å². The van der Waals surface area contributed by atoms with Crippen LogP contribution in [0.25, 0.3) is 11.1 Å². The van der Waals surface area contributed by atoms with Gasteiger partial charge in [0.1, 0.15) is 0 Å². The lowest BCUT2D eigenvalue weighted by molar-refractivity contribution is -0.129. The molecule has 1 N–H and O–H groups in total.